The first kappa shape index (κ1) is 13.4. The molecule has 0 aliphatic rings. The van der Waals surface area contributed by atoms with E-state index in [9.17, 15) is 4.79 Å². The number of carbonyl (C=O) groups is 1. The van der Waals surface area contributed by atoms with Crippen LogP contribution in [0.3, 0.4) is 0 Å². The van der Waals surface area contributed by atoms with E-state index in [2.05, 4.69) is 6.07 Å². The van der Waals surface area contributed by atoms with Gasteiger partial charge in [0.1, 0.15) is 0 Å². The molecule has 4 N–H and O–H groups in total. The zero-order valence-corrected chi connectivity index (χ0v) is 11.6. The van der Waals surface area contributed by atoms with E-state index in [4.69, 9.17) is 11.5 Å². The van der Waals surface area contributed by atoms with E-state index in [0.717, 1.165) is 6.42 Å². The quantitative estimate of drug-likeness (QED) is 0.840. The van der Waals surface area contributed by atoms with Gasteiger partial charge in [0.15, 0.2) is 0 Å². The van der Waals surface area contributed by atoms with Gasteiger partial charge in [-0.3, -0.25) is 4.79 Å². The van der Waals surface area contributed by atoms with Crippen LogP contribution in [-0.4, -0.2) is 24.4 Å². The number of hydrogen-bond acceptors (Lipinski definition) is 4. The Kier molecular flexibility index (Phi) is 4.06. The summed E-state index contributed by atoms with van der Waals surface area (Å²) in [5, 5.41) is 2.04. The highest BCUT2D eigenvalue weighted by Crippen LogP contribution is 2.17. The SMILES string of the molecule is CN(CCc1cccs1)C(=O)c1ccc(N)cc1N. The highest BCUT2D eigenvalue weighted by Gasteiger charge is 2.14. The summed E-state index contributed by atoms with van der Waals surface area (Å²) in [5.74, 6) is -0.0749. The molecule has 0 fully saturated rings. The van der Waals surface area contributed by atoms with Gasteiger partial charge in [-0.25, -0.2) is 0 Å². The Balaban J connectivity index is 2.02. The molecule has 0 radical (unpaired) electrons. The molecular formula is C14H17N3OS. The summed E-state index contributed by atoms with van der Waals surface area (Å²) in [6.45, 7) is 0.670. The van der Waals surface area contributed by atoms with Crippen molar-refractivity contribution in [2.45, 2.75) is 6.42 Å². The molecular weight excluding hydrogens is 258 g/mol. The topological polar surface area (TPSA) is 72.3 Å². The Morgan fingerprint density at radius 2 is 2.11 bits per heavy atom. The summed E-state index contributed by atoms with van der Waals surface area (Å²) < 4.78 is 0. The van der Waals surface area contributed by atoms with E-state index in [1.54, 1.807) is 41.5 Å². The average molecular weight is 275 g/mol. The molecule has 2 rings (SSSR count). The van der Waals surface area contributed by atoms with Crippen molar-refractivity contribution >= 4 is 28.6 Å². The van der Waals surface area contributed by atoms with Crippen LogP contribution in [0.2, 0.25) is 0 Å². The average Bonchev–Trinajstić information content (AvgIpc) is 2.88. The minimum Gasteiger partial charge on any atom is -0.399 e. The lowest BCUT2D eigenvalue weighted by Gasteiger charge is -2.18. The number of nitrogens with two attached hydrogens (primary N) is 2. The number of nitrogen functional groups attached to an aromatic ring is 2. The third-order valence-corrected chi connectivity index (χ3v) is 3.86. The number of anilines is 2. The number of carbonyl (C=O) groups excluding carboxylic acids is 1. The highest BCUT2D eigenvalue weighted by molar-refractivity contribution is 7.09. The van der Waals surface area contributed by atoms with Gasteiger partial charge in [-0.2, -0.15) is 0 Å². The lowest BCUT2D eigenvalue weighted by Crippen LogP contribution is -2.29. The molecule has 1 amide bonds. The summed E-state index contributed by atoms with van der Waals surface area (Å²) in [5.41, 5.74) is 12.9. The summed E-state index contributed by atoms with van der Waals surface area (Å²) in [4.78, 5) is 15.2. The van der Waals surface area contributed by atoms with Gasteiger partial charge in [0, 0.05) is 29.8 Å². The molecule has 0 spiro atoms. The van der Waals surface area contributed by atoms with Crippen LogP contribution in [-0.2, 0) is 6.42 Å². The normalized spacial score (nSPS) is 10.4. The standard InChI is InChI=1S/C14H17N3OS/c1-17(7-6-11-3-2-8-19-11)14(18)12-5-4-10(15)9-13(12)16/h2-5,8-9H,6-7,15-16H2,1H3. The molecule has 2 aromatic rings. The monoisotopic (exact) mass is 275 g/mol. The lowest BCUT2D eigenvalue weighted by atomic mass is 10.1. The third kappa shape index (κ3) is 3.26. The number of benzene rings is 1. The van der Waals surface area contributed by atoms with Crippen molar-refractivity contribution in [1.82, 2.24) is 4.90 Å². The number of hydrogen-bond donors (Lipinski definition) is 2. The molecule has 0 aliphatic carbocycles. The number of thiophene rings is 1. The predicted octanol–water partition coefficient (Wildman–Crippen LogP) is 2.23. The minimum atomic E-state index is -0.0749. The lowest BCUT2D eigenvalue weighted by molar-refractivity contribution is 0.0798. The first-order chi connectivity index (χ1) is 9.08. The Labute approximate surface area is 116 Å². The van der Waals surface area contributed by atoms with Crippen LogP contribution in [0.4, 0.5) is 11.4 Å². The molecule has 100 valence electrons. The van der Waals surface area contributed by atoms with Crippen LogP contribution in [0.15, 0.2) is 35.7 Å². The van der Waals surface area contributed by atoms with Crippen molar-refractivity contribution in [3.8, 4) is 0 Å². The zero-order valence-electron chi connectivity index (χ0n) is 10.8. The Bertz CT molecular complexity index is 566. The van der Waals surface area contributed by atoms with Gasteiger partial charge in [0.2, 0.25) is 0 Å². The van der Waals surface area contributed by atoms with Crippen LogP contribution in [0.25, 0.3) is 0 Å². The van der Waals surface area contributed by atoms with Crippen LogP contribution < -0.4 is 11.5 Å². The van der Waals surface area contributed by atoms with Crippen molar-refractivity contribution in [2.75, 3.05) is 25.1 Å². The highest BCUT2D eigenvalue weighted by atomic mass is 32.1. The van der Waals surface area contributed by atoms with Crippen molar-refractivity contribution in [3.05, 3.63) is 46.2 Å². The fraction of sp³-hybridized carbons (Fsp3) is 0.214. The second kappa shape index (κ2) is 5.75. The fourth-order valence-corrected chi connectivity index (χ4v) is 2.51. The van der Waals surface area contributed by atoms with E-state index in [1.165, 1.54) is 4.88 Å². The molecule has 0 aliphatic heterocycles. The Hall–Kier alpha value is -2.01. The third-order valence-electron chi connectivity index (χ3n) is 2.93. The number of rotatable bonds is 4. The molecule has 4 nitrogen and oxygen atoms in total. The van der Waals surface area contributed by atoms with Gasteiger partial charge in [-0.1, -0.05) is 6.07 Å². The Morgan fingerprint density at radius 1 is 1.32 bits per heavy atom. The Morgan fingerprint density at radius 3 is 2.74 bits per heavy atom. The van der Waals surface area contributed by atoms with Gasteiger partial charge in [0.05, 0.1) is 5.56 Å². The van der Waals surface area contributed by atoms with Gasteiger partial charge in [0.25, 0.3) is 5.91 Å². The van der Waals surface area contributed by atoms with Crippen LogP contribution in [0.5, 0.6) is 0 Å². The van der Waals surface area contributed by atoms with E-state index in [-0.39, 0.29) is 5.91 Å². The molecule has 19 heavy (non-hydrogen) atoms. The van der Waals surface area contributed by atoms with E-state index < -0.39 is 0 Å². The fourth-order valence-electron chi connectivity index (χ4n) is 1.82. The van der Waals surface area contributed by atoms with E-state index in [0.29, 0.717) is 23.5 Å². The number of likely N-dealkylation sites (N-methyl/N-ethyl adjacent to an activating group) is 1. The minimum absolute atomic E-state index is 0.0749. The van der Waals surface area contributed by atoms with E-state index >= 15 is 0 Å². The van der Waals surface area contributed by atoms with Gasteiger partial charge < -0.3 is 16.4 Å². The molecule has 0 saturated carbocycles. The maximum Gasteiger partial charge on any atom is 0.255 e. The van der Waals surface area contributed by atoms with Crippen molar-refractivity contribution in [3.63, 3.8) is 0 Å². The van der Waals surface area contributed by atoms with Gasteiger partial charge in [-0.05, 0) is 36.1 Å². The molecule has 1 aromatic carbocycles. The second-order valence-corrected chi connectivity index (χ2v) is 5.44. The van der Waals surface area contributed by atoms with Crippen molar-refractivity contribution in [2.24, 2.45) is 0 Å². The largest absolute Gasteiger partial charge is 0.399 e. The summed E-state index contributed by atoms with van der Waals surface area (Å²) in [6.07, 6.45) is 0.856. The molecule has 5 heteroatoms. The summed E-state index contributed by atoms with van der Waals surface area (Å²) in [6, 6.07) is 9.06. The molecule has 0 atom stereocenters. The van der Waals surface area contributed by atoms with Gasteiger partial charge in [-0.15, -0.1) is 11.3 Å². The molecule has 1 heterocycles. The van der Waals surface area contributed by atoms with E-state index in [1.807, 2.05) is 11.4 Å². The summed E-state index contributed by atoms with van der Waals surface area (Å²) in [7, 11) is 1.78. The van der Waals surface area contributed by atoms with Crippen LogP contribution >= 0.6 is 11.3 Å². The summed E-state index contributed by atoms with van der Waals surface area (Å²) >= 11 is 1.70. The maximum absolute atomic E-state index is 12.2. The van der Waals surface area contributed by atoms with Gasteiger partial charge >= 0.3 is 0 Å². The van der Waals surface area contributed by atoms with Crippen molar-refractivity contribution < 1.29 is 4.79 Å². The molecule has 0 saturated heterocycles. The predicted molar refractivity (Wildman–Crippen MR) is 80.3 cm³/mol. The van der Waals surface area contributed by atoms with Crippen LogP contribution in [0.1, 0.15) is 15.2 Å². The molecule has 0 unspecified atom stereocenters. The van der Waals surface area contributed by atoms with Crippen LogP contribution in [0, 0.1) is 0 Å². The number of amides is 1. The number of nitrogens with zero attached hydrogens (tertiary/aromatic N) is 1. The first-order valence-corrected chi connectivity index (χ1v) is 6.88. The molecule has 1 aromatic heterocycles. The maximum atomic E-state index is 12.2. The smallest absolute Gasteiger partial charge is 0.255 e. The second-order valence-electron chi connectivity index (χ2n) is 4.40. The van der Waals surface area contributed by atoms with Crippen molar-refractivity contribution in [1.29, 1.82) is 0 Å². The zero-order chi connectivity index (χ0) is 13.8. The first-order valence-electron chi connectivity index (χ1n) is 6.01. The molecule has 0 bridgehead atoms.